The van der Waals surface area contributed by atoms with Crippen LogP contribution in [0.1, 0.15) is 0 Å². The highest BCUT2D eigenvalue weighted by molar-refractivity contribution is 5.06. The summed E-state index contributed by atoms with van der Waals surface area (Å²) in [6.07, 6.45) is -10.5. The van der Waals surface area contributed by atoms with Gasteiger partial charge in [0.2, 0.25) is 6.29 Å². The van der Waals surface area contributed by atoms with Gasteiger partial charge < -0.3 is 44.4 Å². The van der Waals surface area contributed by atoms with Crippen molar-refractivity contribution in [3.63, 3.8) is 0 Å². The lowest BCUT2D eigenvalue weighted by Crippen LogP contribution is -2.63. The fourth-order valence-corrected chi connectivity index (χ4v) is 3.06. The molecule has 0 aromatic rings. The fourth-order valence-electron chi connectivity index (χ4n) is 3.06. The van der Waals surface area contributed by atoms with E-state index in [2.05, 4.69) is 13.5 Å². The number of hydrogen-bond donors (Lipinski definition) is 5. The van der Waals surface area contributed by atoms with Gasteiger partial charge in [0.05, 0.1) is 6.92 Å². The van der Waals surface area contributed by atoms with Crippen molar-refractivity contribution in [2.45, 2.75) is 55.4 Å². The molecule has 3 rings (SSSR count). The van der Waals surface area contributed by atoms with E-state index in [0.29, 0.717) is 0 Å². The standard InChI is InChI=1S/C14H22NO10/c1-4-9(8(18)12(15-19)23-13(4)20-3)21-14-7(17)6(16)11-10(22-14)5(2)24-25-11/h4,6-19H,1-2H2,3H3/q+1. The number of hydroxylamine groups is 1. The van der Waals surface area contributed by atoms with Crippen molar-refractivity contribution in [2.75, 3.05) is 7.11 Å². The summed E-state index contributed by atoms with van der Waals surface area (Å²) in [6, 6.07) is 0. The SMILES string of the molecule is C=C1OOC2C1OC(OC1C([CH2+])C(OC)OC(NO)C1O)C(O)C2O. The average molecular weight is 364 g/mol. The van der Waals surface area contributed by atoms with Crippen LogP contribution in [0.25, 0.3) is 0 Å². The molecule has 0 spiro atoms. The maximum atomic E-state index is 10.3. The molecule has 3 aliphatic heterocycles. The maximum absolute atomic E-state index is 10.3. The van der Waals surface area contributed by atoms with E-state index in [-0.39, 0.29) is 5.76 Å². The minimum atomic E-state index is -1.49. The lowest BCUT2D eigenvalue weighted by molar-refractivity contribution is -0.354. The van der Waals surface area contributed by atoms with Crippen LogP contribution in [0.3, 0.4) is 0 Å². The average Bonchev–Trinajstić information content (AvgIpc) is 2.97. The van der Waals surface area contributed by atoms with E-state index >= 15 is 0 Å². The number of rotatable bonds is 4. The first-order chi connectivity index (χ1) is 11.9. The van der Waals surface area contributed by atoms with Crippen molar-refractivity contribution < 1.29 is 49.2 Å². The number of nitrogens with one attached hydrogen (secondary N) is 1. The van der Waals surface area contributed by atoms with Crippen LogP contribution in [0.2, 0.25) is 0 Å². The molecule has 0 amide bonds. The van der Waals surface area contributed by atoms with Gasteiger partial charge in [-0.1, -0.05) is 6.58 Å². The van der Waals surface area contributed by atoms with E-state index in [1.165, 1.54) is 7.11 Å². The Morgan fingerprint density at radius 1 is 1.12 bits per heavy atom. The summed E-state index contributed by atoms with van der Waals surface area (Å²) in [6.45, 7) is 7.42. The first-order valence-corrected chi connectivity index (χ1v) is 7.67. The molecule has 0 saturated carbocycles. The molecule has 3 heterocycles. The Hall–Kier alpha value is -0.990. The Bertz CT molecular complexity index is 476. The topological polar surface area (TPSA) is 148 Å². The molecule has 0 aromatic carbocycles. The van der Waals surface area contributed by atoms with Gasteiger partial charge in [-0.15, -0.1) is 0 Å². The van der Waals surface area contributed by atoms with E-state index < -0.39 is 61.3 Å². The number of hydrogen-bond acceptors (Lipinski definition) is 11. The smallest absolute Gasteiger partial charge is 0.205 e. The Morgan fingerprint density at radius 3 is 2.48 bits per heavy atom. The lowest BCUT2D eigenvalue weighted by atomic mass is 9.94. The predicted molar refractivity (Wildman–Crippen MR) is 76.1 cm³/mol. The van der Waals surface area contributed by atoms with Gasteiger partial charge in [0.25, 0.3) is 0 Å². The minimum absolute atomic E-state index is 0.118. The van der Waals surface area contributed by atoms with Crippen LogP contribution in [0, 0.1) is 12.8 Å². The van der Waals surface area contributed by atoms with Crippen molar-refractivity contribution in [3.8, 4) is 0 Å². The fraction of sp³-hybridized carbons (Fsp3) is 0.786. The summed E-state index contributed by atoms with van der Waals surface area (Å²) in [4.78, 5) is 9.64. The van der Waals surface area contributed by atoms with Gasteiger partial charge >= 0.3 is 0 Å². The number of aliphatic hydroxyl groups is 3. The molecule has 10 atom stereocenters. The van der Waals surface area contributed by atoms with Crippen molar-refractivity contribution >= 4 is 0 Å². The zero-order valence-corrected chi connectivity index (χ0v) is 13.4. The van der Waals surface area contributed by atoms with Crippen LogP contribution < -0.4 is 5.48 Å². The molecule has 11 heteroatoms. The van der Waals surface area contributed by atoms with Gasteiger partial charge in [-0.25, -0.2) is 0 Å². The minimum Gasteiger partial charge on any atom is -0.387 e. The molecule has 0 radical (unpaired) electrons. The van der Waals surface area contributed by atoms with Crippen molar-refractivity contribution in [2.24, 2.45) is 5.92 Å². The molecule has 25 heavy (non-hydrogen) atoms. The van der Waals surface area contributed by atoms with Gasteiger partial charge in [-0.3, -0.25) is 0 Å². The lowest BCUT2D eigenvalue weighted by Gasteiger charge is -2.43. The summed E-state index contributed by atoms with van der Waals surface area (Å²) < 4.78 is 21.6. The van der Waals surface area contributed by atoms with Gasteiger partial charge in [0, 0.05) is 7.11 Å². The Kier molecular flexibility index (Phi) is 5.51. The van der Waals surface area contributed by atoms with Gasteiger partial charge in [0.15, 0.2) is 36.4 Å². The molecule has 11 nitrogen and oxygen atoms in total. The van der Waals surface area contributed by atoms with E-state index in [0.717, 1.165) is 0 Å². The van der Waals surface area contributed by atoms with Crippen molar-refractivity contribution in [1.29, 1.82) is 0 Å². The predicted octanol–water partition coefficient (Wildman–Crippen LogP) is -2.22. The molecule has 0 bridgehead atoms. The van der Waals surface area contributed by atoms with Crippen molar-refractivity contribution in [3.05, 3.63) is 19.3 Å². The first-order valence-electron chi connectivity index (χ1n) is 7.67. The highest BCUT2D eigenvalue weighted by atomic mass is 17.2. The van der Waals surface area contributed by atoms with Gasteiger partial charge in [-0.2, -0.15) is 10.4 Å². The van der Waals surface area contributed by atoms with Crippen LogP contribution in [-0.2, 0) is 28.7 Å². The molecule has 10 unspecified atom stereocenters. The zero-order chi connectivity index (χ0) is 18.3. The van der Waals surface area contributed by atoms with Gasteiger partial charge in [0.1, 0.15) is 24.4 Å². The van der Waals surface area contributed by atoms with E-state index in [1.54, 1.807) is 5.48 Å². The van der Waals surface area contributed by atoms with E-state index in [1.807, 2.05) is 0 Å². The quantitative estimate of drug-likeness (QED) is 0.210. The Morgan fingerprint density at radius 2 is 1.84 bits per heavy atom. The second-order valence-electron chi connectivity index (χ2n) is 6.06. The molecular formula is C14H22NO10+. The molecule has 3 aliphatic rings. The van der Waals surface area contributed by atoms with Crippen LogP contribution in [-0.4, -0.2) is 83.1 Å². The van der Waals surface area contributed by atoms with Gasteiger partial charge in [-0.05, 0) is 0 Å². The summed E-state index contributed by atoms with van der Waals surface area (Å²) in [5.74, 6) is -0.609. The van der Waals surface area contributed by atoms with E-state index in [4.69, 9.17) is 33.9 Å². The second kappa shape index (κ2) is 7.32. The molecular weight excluding hydrogens is 342 g/mol. The second-order valence-corrected chi connectivity index (χ2v) is 6.06. The van der Waals surface area contributed by atoms with Crippen LogP contribution in [0.5, 0.6) is 0 Å². The highest BCUT2D eigenvalue weighted by Gasteiger charge is 2.55. The van der Waals surface area contributed by atoms with Crippen molar-refractivity contribution in [1.82, 2.24) is 5.48 Å². The molecule has 0 aromatic heterocycles. The summed E-state index contributed by atoms with van der Waals surface area (Å²) in [7, 11) is 1.36. The molecule has 142 valence electrons. The van der Waals surface area contributed by atoms with Crippen LogP contribution in [0.15, 0.2) is 12.3 Å². The summed E-state index contributed by atoms with van der Waals surface area (Å²) in [5, 5.41) is 39.8. The number of aliphatic hydroxyl groups excluding tert-OH is 3. The normalized spacial score (nSPS) is 50.4. The third kappa shape index (κ3) is 3.24. The maximum Gasteiger partial charge on any atom is 0.205 e. The monoisotopic (exact) mass is 364 g/mol. The first kappa shape index (κ1) is 18.8. The number of ether oxygens (including phenoxy) is 4. The van der Waals surface area contributed by atoms with Crippen LogP contribution >= 0.6 is 0 Å². The van der Waals surface area contributed by atoms with Crippen LogP contribution in [0.4, 0.5) is 0 Å². The number of methoxy groups -OCH3 is 1. The Labute approximate surface area is 143 Å². The summed E-state index contributed by atoms with van der Waals surface area (Å²) in [5.41, 5.74) is 1.80. The number of fused-ring (bicyclic) bond motifs is 1. The zero-order valence-electron chi connectivity index (χ0n) is 13.4. The Balaban J connectivity index is 1.75. The third-order valence-corrected chi connectivity index (χ3v) is 4.48. The largest absolute Gasteiger partial charge is 0.387 e. The summed E-state index contributed by atoms with van der Waals surface area (Å²) >= 11 is 0. The molecule has 5 N–H and O–H groups in total. The highest BCUT2D eigenvalue weighted by Crippen LogP contribution is 2.36. The third-order valence-electron chi connectivity index (χ3n) is 4.48. The molecule has 3 saturated heterocycles. The van der Waals surface area contributed by atoms with E-state index in [9.17, 15) is 15.3 Å². The molecule has 0 aliphatic carbocycles. The molecule has 3 fully saturated rings.